The number of aliphatic hydroxyl groups excluding tert-OH is 1. The monoisotopic (exact) mass is 1610 g/mol. The molecule has 23 heavy (non-hydrogen) atoms. The molecule has 0 aliphatic heterocycles. The van der Waals surface area contributed by atoms with Crippen molar-refractivity contribution in [1.29, 1.82) is 0 Å². The molecule has 0 aromatic rings. The Morgan fingerprint density at radius 2 is 1.43 bits per heavy atom. The quantitative estimate of drug-likeness (QED) is 0.328. The summed E-state index contributed by atoms with van der Waals surface area (Å²) in [5.41, 5.74) is -2.44. The number of aliphatic hydroxyl groups is 1. The van der Waals surface area contributed by atoms with E-state index in [1.54, 1.807) is 0 Å². The van der Waals surface area contributed by atoms with Gasteiger partial charge in [0, 0.05) is 5.41 Å². The van der Waals surface area contributed by atoms with Gasteiger partial charge in [0.2, 0.25) is 0 Å². The molecule has 0 spiro atoms. The summed E-state index contributed by atoms with van der Waals surface area (Å²) in [6, 6.07) is 0. The Bertz CT molecular complexity index is 340. The number of hydrogen-bond donors (Lipinski definition) is 1. The van der Waals surface area contributed by atoms with E-state index in [0.29, 0.717) is 6.42 Å². The standard InChI is InChI=1S/C11H12F6O.5Rf/c12-10(13,14)8(18)5-9(11(15,16)17)4-6-1-2-7(9)3-6;;;;;/h3,6-7,18H,1-2,4-5H2;;;;;/q-2;;;;;. The van der Waals surface area contributed by atoms with E-state index in [4.69, 9.17) is 5.11 Å². The van der Waals surface area contributed by atoms with Crippen LogP contribution in [0.25, 0.3) is 0 Å². The van der Waals surface area contributed by atoms with Crippen molar-refractivity contribution in [2.75, 3.05) is 0 Å². The van der Waals surface area contributed by atoms with E-state index in [-0.39, 0.29) is 18.8 Å². The first kappa shape index (κ1) is 26.2. The number of halogens is 6. The van der Waals surface area contributed by atoms with Crippen molar-refractivity contribution in [2.24, 2.45) is 17.3 Å². The molecule has 2 rings (SSSR count). The Morgan fingerprint density at radius 3 is 1.70 bits per heavy atom. The Morgan fingerprint density at radius 1 is 0.957 bits per heavy atom. The molecule has 3 atom stereocenters. The smallest absolute Gasteiger partial charge is 0.389 e. The predicted octanol–water partition coefficient (Wildman–Crippen LogP) is 4.03. The molecule has 2 fully saturated rings. The zero-order valence-corrected chi connectivity index (χ0v) is 44.8. The molecule has 1 nitrogen and oxygen atoms in total. The second-order valence-corrected chi connectivity index (χ2v) is 5.12. The van der Waals surface area contributed by atoms with Crippen molar-refractivity contribution < 1.29 is 31.4 Å². The molecule has 116 valence electrons. The zero-order valence-electron chi connectivity index (χ0n) is 12.8. The van der Waals surface area contributed by atoms with Crippen LogP contribution in [0.1, 0.15) is 25.7 Å². The third kappa shape index (κ3) is 2.93. The van der Waals surface area contributed by atoms with Gasteiger partial charge in [-0.1, -0.05) is 25.4 Å². The van der Waals surface area contributed by atoms with Crippen LogP contribution in [0.4, 0.5) is 26.3 Å². The zero-order chi connectivity index (χ0) is 13.8. The summed E-state index contributed by atoms with van der Waals surface area (Å²) in [6.45, 7) is 0. The van der Waals surface area contributed by atoms with Gasteiger partial charge in [0.15, 0.2) is 0 Å². The molecular formula is C11H12F6ORf5-2. The largest absolute Gasteiger partial charge is 0.554 e. The fourth-order valence-corrected chi connectivity index (χ4v) is 3.19. The topological polar surface area (TPSA) is 20.2 Å². The van der Waals surface area contributed by atoms with E-state index < -0.39 is 36.2 Å². The van der Waals surface area contributed by atoms with Crippen LogP contribution in [0.15, 0.2) is 0 Å². The van der Waals surface area contributed by atoms with E-state index >= 15 is 0 Å². The second-order valence-electron chi connectivity index (χ2n) is 5.12. The second kappa shape index (κ2) is 5.67. The van der Waals surface area contributed by atoms with Gasteiger partial charge < -0.3 is 11.5 Å². The summed E-state index contributed by atoms with van der Waals surface area (Å²) in [7, 11) is 0. The molecule has 0 heterocycles. The van der Waals surface area contributed by atoms with Crippen molar-refractivity contribution in [3.8, 4) is 0 Å². The molecule has 1 N–H and O–H groups in total. The number of hydrogen-bond acceptors (Lipinski definition) is 1. The van der Waals surface area contributed by atoms with Gasteiger partial charge in [-0.3, -0.25) is 0 Å². The molecule has 12 heteroatoms. The van der Waals surface area contributed by atoms with E-state index in [0.717, 1.165) is 0 Å². The Hall–Kier alpha value is -5.46. The molecule has 2 bridgehead atoms. The number of rotatable bonds is 2. The van der Waals surface area contributed by atoms with Gasteiger partial charge >= 0.3 is 6.18 Å². The number of alkyl halides is 6. The summed E-state index contributed by atoms with van der Waals surface area (Å²) >= 11 is 0. The predicted molar refractivity (Wildman–Crippen MR) is 49.5 cm³/mol. The van der Waals surface area contributed by atoms with Gasteiger partial charge in [0.25, 0.3) is 6.18 Å². The molecule has 2 aliphatic rings. The Kier molecular flexibility index (Phi) is 6.45. The fraction of sp³-hybridized carbons (Fsp3) is 0.818. The summed E-state index contributed by atoms with van der Waals surface area (Å²) in [6.07, 6.45) is -11.2. The van der Waals surface area contributed by atoms with E-state index in [1.807, 2.05) is 0 Å². The maximum absolute atomic E-state index is 13.1. The summed E-state index contributed by atoms with van der Waals surface area (Å²) < 4.78 is 76.0. The first-order valence-electron chi connectivity index (χ1n) is 5.60. The Balaban J connectivity index is -0.000000361. The van der Waals surface area contributed by atoms with Crippen LogP contribution in [0, 0.1) is 29.8 Å². The number of fused-ring (bicyclic) bond motifs is 2. The van der Waals surface area contributed by atoms with Crippen LogP contribution in [0.3, 0.4) is 0 Å². The summed E-state index contributed by atoms with van der Waals surface area (Å²) in [5, 5.41) is 8.88. The van der Waals surface area contributed by atoms with Crippen molar-refractivity contribution in [3.63, 3.8) is 0 Å². The average Bonchev–Trinajstić information content (AvgIpc) is 2.74. The summed E-state index contributed by atoms with van der Waals surface area (Å²) in [5.74, 6) is -1.19. The third-order valence-electron chi connectivity index (χ3n) is 4.06. The molecular weight excluding hydrogens is 1600 g/mol. The van der Waals surface area contributed by atoms with E-state index in [2.05, 4.69) is 0 Å². The molecule has 2 saturated carbocycles. The van der Waals surface area contributed by atoms with Gasteiger partial charge in [0.05, 0.1) is 0 Å². The first-order chi connectivity index (χ1) is 8.06. The molecule has 0 aromatic carbocycles. The fourth-order valence-electron chi connectivity index (χ4n) is 3.19. The first-order valence-corrected chi connectivity index (χ1v) is 5.60. The molecule has 2 aliphatic carbocycles. The van der Waals surface area contributed by atoms with Crippen LogP contribution in [-0.2, 0) is 0 Å². The Labute approximate surface area is 100 Å². The van der Waals surface area contributed by atoms with Gasteiger partial charge in [0.1, 0.15) is 0 Å². The van der Waals surface area contributed by atoms with Gasteiger partial charge in [-0.2, -0.15) is 25.0 Å². The summed E-state index contributed by atoms with van der Waals surface area (Å²) in [4.78, 5) is 0. The van der Waals surface area contributed by atoms with Gasteiger partial charge in [-0.15, -0.1) is 6.42 Å². The van der Waals surface area contributed by atoms with Crippen LogP contribution in [0.2, 0.25) is 0 Å². The molecule has 0 amide bonds. The van der Waals surface area contributed by atoms with E-state index in [1.165, 1.54) is 6.42 Å². The van der Waals surface area contributed by atoms with Gasteiger partial charge in [-0.25, -0.2) is 13.2 Å². The minimum atomic E-state index is -5.08. The molecule has 0 saturated heterocycles. The maximum Gasteiger partial charge on any atom is 0.389 e. The normalized spacial score (nSPS) is 28.7. The van der Waals surface area contributed by atoms with Gasteiger partial charge in [-0.05, 0) is 0 Å². The molecule has 3 unspecified atom stereocenters. The van der Waals surface area contributed by atoms with Crippen LogP contribution >= 0.6 is 0 Å². The van der Waals surface area contributed by atoms with Crippen molar-refractivity contribution in [3.05, 3.63) is 12.5 Å². The molecule has 0 aromatic heterocycles. The van der Waals surface area contributed by atoms with Crippen molar-refractivity contribution in [1.82, 2.24) is 0 Å². The maximum atomic E-state index is 13.1. The van der Waals surface area contributed by atoms with Crippen LogP contribution in [0.5, 0.6) is 0 Å². The van der Waals surface area contributed by atoms with Crippen molar-refractivity contribution >= 4 is 0 Å². The van der Waals surface area contributed by atoms with E-state index in [9.17, 15) is 26.3 Å². The SMILES string of the molecule is O[C-](CC1(C(F)(F)F)CC2[CH-]C1CC2)C(F)(F)F.[Rf].[Rf].[Rf].[Rf].[Rf]. The average molecular weight is 1610 g/mol. The van der Waals surface area contributed by atoms with Crippen LogP contribution < -0.4 is 0 Å². The minimum absolute atomic E-state index is 0. The van der Waals surface area contributed by atoms with Crippen molar-refractivity contribution in [2.45, 2.75) is 38.0 Å². The molecule has 0 radical (unpaired) electrons. The minimum Gasteiger partial charge on any atom is -0.554 e. The third-order valence-corrected chi connectivity index (χ3v) is 4.06. The van der Waals surface area contributed by atoms with Crippen LogP contribution in [-0.4, -0.2) is 17.5 Å².